The van der Waals surface area contributed by atoms with Crippen LogP contribution in [0.5, 0.6) is 0 Å². The van der Waals surface area contributed by atoms with Gasteiger partial charge in [-0.05, 0) is 44.0 Å². The van der Waals surface area contributed by atoms with Gasteiger partial charge >= 0.3 is 0 Å². The first-order valence-corrected chi connectivity index (χ1v) is 7.00. The summed E-state index contributed by atoms with van der Waals surface area (Å²) in [4.78, 5) is 14.4. The Morgan fingerprint density at radius 3 is 2.70 bits per heavy atom. The van der Waals surface area contributed by atoms with Crippen molar-refractivity contribution < 1.29 is 4.79 Å². The van der Waals surface area contributed by atoms with Gasteiger partial charge in [-0.25, -0.2) is 0 Å². The van der Waals surface area contributed by atoms with Gasteiger partial charge in [0.2, 0.25) is 5.91 Å². The molecule has 0 radical (unpaired) electrons. The van der Waals surface area contributed by atoms with Crippen molar-refractivity contribution in [1.29, 1.82) is 5.26 Å². The van der Waals surface area contributed by atoms with Crippen LogP contribution >= 0.6 is 0 Å². The Balaban J connectivity index is 2.01. The van der Waals surface area contributed by atoms with Crippen molar-refractivity contribution in [1.82, 2.24) is 10.2 Å². The molecule has 1 aliphatic rings. The summed E-state index contributed by atoms with van der Waals surface area (Å²) in [6.07, 6.45) is 1.99. The number of carbonyl (C=O) groups is 1. The molecule has 1 aromatic rings. The summed E-state index contributed by atoms with van der Waals surface area (Å²) >= 11 is 0. The van der Waals surface area contributed by atoms with Gasteiger partial charge in [0.25, 0.3) is 0 Å². The quantitative estimate of drug-likeness (QED) is 0.913. The number of nitrogens with one attached hydrogen (secondary N) is 1. The zero-order valence-electron chi connectivity index (χ0n) is 12.1. The Morgan fingerprint density at radius 2 is 2.15 bits per heavy atom. The predicted molar refractivity (Wildman–Crippen MR) is 77.8 cm³/mol. The predicted octanol–water partition coefficient (Wildman–Crippen LogP) is 1.91. The van der Waals surface area contributed by atoms with Crippen molar-refractivity contribution in [3.8, 4) is 6.07 Å². The number of rotatable bonds is 3. The number of nitrogens with zero attached hydrogens (tertiary/aromatic N) is 2. The molecule has 1 atom stereocenters. The van der Waals surface area contributed by atoms with Crippen LogP contribution in [-0.2, 0) is 11.3 Å². The fourth-order valence-corrected chi connectivity index (χ4v) is 2.73. The molecule has 1 N–H and O–H groups in total. The van der Waals surface area contributed by atoms with E-state index in [2.05, 4.69) is 11.4 Å². The van der Waals surface area contributed by atoms with Crippen LogP contribution in [0, 0.1) is 16.7 Å². The van der Waals surface area contributed by atoms with E-state index >= 15 is 0 Å². The summed E-state index contributed by atoms with van der Waals surface area (Å²) in [5.74, 6) is 0.189. The minimum atomic E-state index is -0.292. The lowest BCUT2D eigenvalue weighted by molar-refractivity contribution is -0.141. The molecular formula is C16H21N3O. The minimum absolute atomic E-state index is 0.189. The fourth-order valence-electron chi connectivity index (χ4n) is 2.73. The molecule has 1 unspecified atom stereocenters. The van der Waals surface area contributed by atoms with Gasteiger partial charge in [0.15, 0.2) is 0 Å². The molecule has 1 fully saturated rings. The number of piperidine rings is 1. The van der Waals surface area contributed by atoms with E-state index in [1.165, 1.54) is 0 Å². The molecule has 0 saturated carbocycles. The molecule has 4 nitrogen and oxygen atoms in total. The maximum atomic E-state index is 12.6. The highest BCUT2D eigenvalue weighted by atomic mass is 16.2. The van der Waals surface area contributed by atoms with Crippen LogP contribution in [0.25, 0.3) is 0 Å². The maximum Gasteiger partial charge on any atom is 0.229 e. The summed E-state index contributed by atoms with van der Waals surface area (Å²) in [5.41, 5.74) is 1.40. The molecule has 1 saturated heterocycles. The van der Waals surface area contributed by atoms with E-state index < -0.39 is 0 Å². The number of nitriles is 1. The highest BCUT2D eigenvalue weighted by Crippen LogP contribution is 2.28. The second kappa shape index (κ2) is 6.06. The lowest BCUT2D eigenvalue weighted by Gasteiger charge is -2.36. The Hall–Kier alpha value is -1.86. The first-order chi connectivity index (χ1) is 9.55. The number of benzene rings is 1. The van der Waals surface area contributed by atoms with Crippen molar-refractivity contribution in [3.05, 3.63) is 35.4 Å². The van der Waals surface area contributed by atoms with Crippen molar-refractivity contribution in [2.24, 2.45) is 5.41 Å². The van der Waals surface area contributed by atoms with E-state index in [9.17, 15) is 4.79 Å². The van der Waals surface area contributed by atoms with Gasteiger partial charge < -0.3 is 10.2 Å². The molecule has 0 aliphatic carbocycles. The van der Waals surface area contributed by atoms with Gasteiger partial charge in [0, 0.05) is 20.1 Å². The van der Waals surface area contributed by atoms with E-state index in [-0.39, 0.29) is 11.3 Å². The molecule has 20 heavy (non-hydrogen) atoms. The summed E-state index contributed by atoms with van der Waals surface area (Å²) in [6.45, 7) is 4.38. The molecule has 1 aromatic carbocycles. The van der Waals surface area contributed by atoms with Gasteiger partial charge in [-0.1, -0.05) is 12.1 Å². The van der Waals surface area contributed by atoms with E-state index in [1.807, 2.05) is 26.1 Å². The molecular weight excluding hydrogens is 250 g/mol. The summed E-state index contributed by atoms with van der Waals surface area (Å²) in [7, 11) is 1.85. The summed E-state index contributed by atoms with van der Waals surface area (Å²) < 4.78 is 0. The van der Waals surface area contributed by atoms with Crippen molar-refractivity contribution >= 4 is 5.91 Å². The average Bonchev–Trinajstić information content (AvgIpc) is 2.48. The average molecular weight is 271 g/mol. The second-order valence-electron chi connectivity index (χ2n) is 5.81. The van der Waals surface area contributed by atoms with Gasteiger partial charge in [-0.15, -0.1) is 0 Å². The number of hydrogen-bond donors (Lipinski definition) is 1. The number of carbonyl (C=O) groups excluding carboxylic acids is 1. The van der Waals surface area contributed by atoms with E-state index in [0.717, 1.165) is 31.5 Å². The Bertz CT molecular complexity index is 510. The van der Waals surface area contributed by atoms with Gasteiger partial charge in [-0.2, -0.15) is 5.26 Å². The van der Waals surface area contributed by atoms with E-state index in [1.54, 1.807) is 17.0 Å². The van der Waals surface area contributed by atoms with E-state index in [0.29, 0.717) is 12.1 Å². The van der Waals surface area contributed by atoms with Gasteiger partial charge in [0.05, 0.1) is 17.0 Å². The molecule has 1 amide bonds. The molecule has 1 aliphatic heterocycles. The normalized spacial score (nSPS) is 22.1. The Morgan fingerprint density at radius 1 is 1.45 bits per heavy atom. The highest BCUT2D eigenvalue weighted by Gasteiger charge is 2.36. The third-order valence-electron chi connectivity index (χ3n) is 3.96. The Labute approximate surface area is 120 Å². The zero-order valence-corrected chi connectivity index (χ0v) is 12.1. The topological polar surface area (TPSA) is 56.1 Å². The largest absolute Gasteiger partial charge is 0.341 e. The van der Waals surface area contributed by atoms with Crippen LogP contribution in [0.2, 0.25) is 0 Å². The fraction of sp³-hybridized carbons (Fsp3) is 0.500. The highest BCUT2D eigenvalue weighted by molar-refractivity contribution is 5.82. The van der Waals surface area contributed by atoms with Crippen LogP contribution in [0.3, 0.4) is 0 Å². The van der Waals surface area contributed by atoms with Gasteiger partial charge in [0.1, 0.15) is 0 Å². The number of amides is 1. The monoisotopic (exact) mass is 271 g/mol. The molecule has 0 spiro atoms. The first-order valence-electron chi connectivity index (χ1n) is 7.00. The van der Waals surface area contributed by atoms with Crippen LogP contribution in [0.15, 0.2) is 24.3 Å². The summed E-state index contributed by atoms with van der Waals surface area (Å²) in [6, 6.07) is 9.49. The Kier molecular flexibility index (Phi) is 4.41. The standard InChI is InChI=1S/C16H21N3O/c1-16(8-3-9-18-12-16)15(20)19(2)11-14-6-4-13(10-17)5-7-14/h4-7,18H,3,8-9,11-12H2,1-2H3. The van der Waals surface area contributed by atoms with Crippen molar-refractivity contribution in [2.45, 2.75) is 26.3 Å². The lowest BCUT2D eigenvalue weighted by Crippen LogP contribution is -2.48. The molecule has 0 aromatic heterocycles. The maximum absolute atomic E-state index is 12.6. The van der Waals surface area contributed by atoms with Crippen LogP contribution < -0.4 is 5.32 Å². The van der Waals surface area contributed by atoms with Gasteiger partial charge in [-0.3, -0.25) is 4.79 Å². The SMILES string of the molecule is CN(Cc1ccc(C#N)cc1)C(=O)C1(C)CCCNC1. The molecule has 2 rings (SSSR count). The zero-order chi connectivity index (χ0) is 14.6. The van der Waals surface area contributed by atoms with Crippen molar-refractivity contribution in [3.63, 3.8) is 0 Å². The second-order valence-corrected chi connectivity index (χ2v) is 5.81. The molecule has 0 bridgehead atoms. The smallest absolute Gasteiger partial charge is 0.229 e. The third-order valence-corrected chi connectivity index (χ3v) is 3.96. The van der Waals surface area contributed by atoms with Crippen LogP contribution in [0.1, 0.15) is 30.9 Å². The number of hydrogen-bond acceptors (Lipinski definition) is 3. The minimum Gasteiger partial charge on any atom is -0.341 e. The van der Waals surface area contributed by atoms with Crippen LogP contribution in [0.4, 0.5) is 0 Å². The lowest BCUT2D eigenvalue weighted by atomic mass is 9.81. The summed E-state index contributed by atoms with van der Waals surface area (Å²) in [5, 5.41) is 12.1. The molecule has 106 valence electrons. The van der Waals surface area contributed by atoms with Crippen LogP contribution in [-0.4, -0.2) is 30.9 Å². The third kappa shape index (κ3) is 3.17. The first kappa shape index (κ1) is 14.5. The molecule has 1 heterocycles. The van der Waals surface area contributed by atoms with Crippen molar-refractivity contribution in [2.75, 3.05) is 20.1 Å². The molecule has 4 heteroatoms. The van der Waals surface area contributed by atoms with E-state index in [4.69, 9.17) is 5.26 Å².